The van der Waals surface area contributed by atoms with Crippen LogP contribution in [0.3, 0.4) is 0 Å². The van der Waals surface area contributed by atoms with Crippen LogP contribution < -0.4 is 5.32 Å². The third-order valence-corrected chi connectivity index (χ3v) is 4.38. The number of nitrogens with zero attached hydrogens (tertiary/aromatic N) is 2. The third kappa shape index (κ3) is 3.19. The Labute approximate surface area is 104 Å². The molecule has 1 saturated heterocycles. The number of carbonyl (C=O) groups is 1. The zero-order valence-electron chi connectivity index (χ0n) is 11.1. The van der Waals surface area contributed by atoms with Crippen molar-refractivity contribution < 1.29 is 4.79 Å². The Morgan fingerprint density at radius 2 is 1.65 bits per heavy atom. The molecule has 1 N–H and O–H groups in total. The normalized spacial score (nSPS) is 31.5. The molecule has 0 bridgehead atoms. The van der Waals surface area contributed by atoms with Gasteiger partial charge in [-0.2, -0.15) is 0 Å². The van der Waals surface area contributed by atoms with E-state index in [9.17, 15) is 4.79 Å². The second-order valence-corrected chi connectivity index (χ2v) is 5.34. The maximum atomic E-state index is 11.3. The molecule has 98 valence electrons. The fourth-order valence-corrected chi connectivity index (χ4v) is 3.13. The van der Waals surface area contributed by atoms with E-state index in [2.05, 4.69) is 17.3 Å². The standard InChI is InChI=1S/C13H25N3O/c1-11(17)15-7-9-16(10-8-15)13-5-3-12(14-2)4-6-13/h12-14H,3-10H2,1-2H3. The molecule has 1 aliphatic carbocycles. The van der Waals surface area contributed by atoms with Crippen molar-refractivity contribution in [1.82, 2.24) is 15.1 Å². The van der Waals surface area contributed by atoms with E-state index in [0.717, 1.165) is 38.3 Å². The van der Waals surface area contributed by atoms with Crippen molar-refractivity contribution in [1.29, 1.82) is 0 Å². The number of rotatable bonds is 2. The van der Waals surface area contributed by atoms with Crippen molar-refractivity contribution in [3.8, 4) is 0 Å². The third-order valence-electron chi connectivity index (χ3n) is 4.38. The second-order valence-electron chi connectivity index (χ2n) is 5.34. The number of piperazine rings is 1. The average molecular weight is 239 g/mol. The van der Waals surface area contributed by atoms with Crippen LogP contribution in [0.15, 0.2) is 0 Å². The van der Waals surface area contributed by atoms with Gasteiger partial charge in [-0.3, -0.25) is 9.69 Å². The molecule has 1 saturated carbocycles. The van der Waals surface area contributed by atoms with Crippen LogP contribution in [0.1, 0.15) is 32.6 Å². The van der Waals surface area contributed by atoms with Gasteiger partial charge in [0.2, 0.25) is 5.91 Å². The molecular formula is C13H25N3O. The molecule has 0 spiro atoms. The van der Waals surface area contributed by atoms with Crippen molar-refractivity contribution in [2.24, 2.45) is 0 Å². The zero-order chi connectivity index (χ0) is 12.3. The van der Waals surface area contributed by atoms with E-state index < -0.39 is 0 Å². The summed E-state index contributed by atoms with van der Waals surface area (Å²) in [6.45, 7) is 5.64. The summed E-state index contributed by atoms with van der Waals surface area (Å²) >= 11 is 0. The molecule has 0 aromatic carbocycles. The van der Waals surface area contributed by atoms with E-state index >= 15 is 0 Å². The minimum atomic E-state index is 0.226. The van der Waals surface area contributed by atoms with E-state index in [1.54, 1.807) is 6.92 Å². The van der Waals surface area contributed by atoms with E-state index in [4.69, 9.17) is 0 Å². The van der Waals surface area contributed by atoms with E-state index in [1.165, 1.54) is 25.7 Å². The summed E-state index contributed by atoms with van der Waals surface area (Å²) in [5.74, 6) is 0.226. The first-order valence-corrected chi connectivity index (χ1v) is 6.87. The van der Waals surface area contributed by atoms with Gasteiger partial charge >= 0.3 is 0 Å². The SMILES string of the molecule is CNC1CCC(N2CCN(C(C)=O)CC2)CC1. The minimum absolute atomic E-state index is 0.226. The van der Waals surface area contributed by atoms with Crippen LogP contribution in [0.25, 0.3) is 0 Å². The topological polar surface area (TPSA) is 35.6 Å². The highest BCUT2D eigenvalue weighted by atomic mass is 16.2. The Bertz CT molecular complexity index is 253. The van der Waals surface area contributed by atoms with Crippen LogP contribution in [0.5, 0.6) is 0 Å². The first-order chi connectivity index (χ1) is 8.20. The molecule has 1 amide bonds. The van der Waals surface area contributed by atoms with Gasteiger partial charge in [-0.05, 0) is 32.7 Å². The monoisotopic (exact) mass is 239 g/mol. The van der Waals surface area contributed by atoms with Crippen molar-refractivity contribution in [3.63, 3.8) is 0 Å². The Morgan fingerprint density at radius 3 is 2.12 bits per heavy atom. The van der Waals surface area contributed by atoms with Gasteiger partial charge < -0.3 is 10.2 Å². The van der Waals surface area contributed by atoms with E-state index in [-0.39, 0.29) is 5.91 Å². The maximum absolute atomic E-state index is 11.3. The Morgan fingerprint density at radius 1 is 1.06 bits per heavy atom. The lowest BCUT2D eigenvalue weighted by atomic mass is 9.90. The minimum Gasteiger partial charge on any atom is -0.340 e. The molecule has 2 fully saturated rings. The number of hydrogen-bond acceptors (Lipinski definition) is 3. The molecule has 0 unspecified atom stereocenters. The van der Waals surface area contributed by atoms with Gasteiger partial charge in [0.25, 0.3) is 0 Å². The Balaban J connectivity index is 1.76. The lowest BCUT2D eigenvalue weighted by molar-refractivity contribution is -0.131. The van der Waals surface area contributed by atoms with Crippen LogP contribution in [-0.2, 0) is 4.79 Å². The zero-order valence-corrected chi connectivity index (χ0v) is 11.1. The van der Waals surface area contributed by atoms with Crippen molar-refractivity contribution in [2.75, 3.05) is 33.2 Å². The van der Waals surface area contributed by atoms with Gasteiger partial charge in [0, 0.05) is 45.2 Å². The predicted molar refractivity (Wildman–Crippen MR) is 68.9 cm³/mol. The molecule has 0 aromatic rings. The first-order valence-electron chi connectivity index (χ1n) is 6.87. The quantitative estimate of drug-likeness (QED) is 0.770. The van der Waals surface area contributed by atoms with Crippen LogP contribution in [0, 0.1) is 0 Å². The fourth-order valence-electron chi connectivity index (χ4n) is 3.13. The summed E-state index contributed by atoms with van der Waals surface area (Å²) in [5.41, 5.74) is 0. The van der Waals surface area contributed by atoms with Gasteiger partial charge in [-0.25, -0.2) is 0 Å². The Hall–Kier alpha value is -0.610. The molecule has 4 nitrogen and oxygen atoms in total. The summed E-state index contributed by atoms with van der Waals surface area (Å²) in [7, 11) is 2.07. The second kappa shape index (κ2) is 5.83. The van der Waals surface area contributed by atoms with Gasteiger partial charge in [0.15, 0.2) is 0 Å². The van der Waals surface area contributed by atoms with Crippen LogP contribution in [0.2, 0.25) is 0 Å². The molecule has 0 aromatic heterocycles. The summed E-state index contributed by atoms with van der Waals surface area (Å²) in [6.07, 6.45) is 5.22. The van der Waals surface area contributed by atoms with Crippen molar-refractivity contribution in [2.45, 2.75) is 44.7 Å². The highest BCUT2D eigenvalue weighted by Gasteiger charge is 2.28. The molecule has 17 heavy (non-hydrogen) atoms. The van der Waals surface area contributed by atoms with Crippen LogP contribution in [0.4, 0.5) is 0 Å². The number of nitrogens with one attached hydrogen (secondary N) is 1. The molecule has 1 heterocycles. The van der Waals surface area contributed by atoms with E-state index in [0.29, 0.717) is 0 Å². The van der Waals surface area contributed by atoms with Gasteiger partial charge in [0.1, 0.15) is 0 Å². The highest BCUT2D eigenvalue weighted by Crippen LogP contribution is 2.23. The summed E-state index contributed by atoms with van der Waals surface area (Å²) in [6, 6.07) is 1.48. The highest BCUT2D eigenvalue weighted by molar-refractivity contribution is 5.73. The first kappa shape index (κ1) is 12.8. The Kier molecular flexibility index (Phi) is 4.40. The number of amides is 1. The summed E-state index contributed by atoms with van der Waals surface area (Å²) in [5, 5.41) is 3.38. The summed E-state index contributed by atoms with van der Waals surface area (Å²) in [4.78, 5) is 15.8. The van der Waals surface area contributed by atoms with Gasteiger partial charge in [0.05, 0.1) is 0 Å². The largest absolute Gasteiger partial charge is 0.340 e. The van der Waals surface area contributed by atoms with Crippen LogP contribution >= 0.6 is 0 Å². The van der Waals surface area contributed by atoms with Crippen LogP contribution in [-0.4, -0.2) is 61.0 Å². The lowest BCUT2D eigenvalue weighted by Crippen LogP contribution is -2.52. The summed E-state index contributed by atoms with van der Waals surface area (Å²) < 4.78 is 0. The molecule has 1 aliphatic heterocycles. The number of carbonyl (C=O) groups excluding carboxylic acids is 1. The number of hydrogen-bond donors (Lipinski definition) is 1. The van der Waals surface area contributed by atoms with Gasteiger partial charge in [-0.1, -0.05) is 0 Å². The molecule has 2 rings (SSSR count). The van der Waals surface area contributed by atoms with Crippen molar-refractivity contribution >= 4 is 5.91 Å². The molecule has 0 radical (unpaired) electrons. The fraction of sp³-hybridized carbons (Fsp3) is 0.923. The predicted octanol–water partition coefficient (Wildman–Crippen LogP) is 0.681. The smallest absolute Gasteiger partial charge is 0.219 e. The van der Waals surface area contributed by atoms with Gasteiger partial charge in [-0.15, -0.1) is 0 Å². The molecule has 4 heteroatoms. The molecular weight excluding hydrogens is 214 g/mol. The lowest BCUT2D eigenvalue weighted by Gasteiger charge is -2.41. The van der Waals surface area contributed by atoms with E-state index in [1.807, 2.05) is 4.90 Å². The molecule has 0 atom stereocenters. The molecule has 2 aliphatic rings. The average Bonchev–Trinajstić information content (AvgIpc) is 2.39. The van der Waals surface area contributed by atoms with Crippen molar-refractivity contribution in [3.05, 3.63) is 0 Å². The maximum Gasteiger partial charge on any atom is 0.219 e.